The van der Waals surface area contributed by atoms with E-state index in [0.29, 0.717) is 17.0 Å². The maximum absolute atomic E-state index is 9.36. The zero-order valence-electron chi connectivity index (χ0n) is 6.91. The molecule has 0 radical (unpaired) electrons. The molecule has 1 aromatic rings. The Morgan fingerprint density at radius 3 is 2.33 bits per heavy atom. The molecule has 0 aliphatic carbocycles. The highest BCUT2D eigenvalue weighted by atomic mass is 16.3. The van der Waals surface area contributed by atoms with E-state index in [1.807, 2.05) is 0 Å². The largest absolute Gasteiger partial charge is 0.507 e. The first kappa shape index (κ1) is 8.46. The Morgan fingerprint density at radius 2 is 1.83 bits per heavy atom. The zero-order valence-corrected chi connectivity index (χ0v) is 6.91. The second-order valence-electron chi connectivity index (χ2n) is 2.61. The lowest BCUT2D eigenvalue weighted by Gasteiger charge is -2.05. The first-order chi connectivity index (χ1) is 5.63. The van der Waals surface area contributed by atoms with Crippen LogP contribution in [-0.2, 0) is 0 Å². The smallest absolute Gasteiger partial charge is 0.124 e. The molecule has 12 heavy (non-hydrogen) atoms. The molecule has 1 aromatic carbocycles. The first-order valence-electron chi connectivity index (χ1n) is 3.63. The van der Waals surface area contributed by atoms with E-state index < -0.39 is 0 Å². The highest BCUT2D eigenvalue weighted by Crippen LogP contribution is 2.21. The molecular weight excluding hydrogens is 152 g/mol. The molecule has 0 aliphatic rings. The van der Waals surface area contributed by atoms with Gasteiger partial charge in [0.15, 0.2) is 0 Å². The Labute approximate surface area is 71.3 Å². The molecule has 0 heterocycles. The number of para-hydroxylation sites is 1. The van der Waals surface area contributed by atoms with E-state index >= 15 is 0 Å². The Bertz CT molecular complexity index is 314. The third-order valence-corrected chi connectivity index (χ3v) is 1.62. The molecule has 3 heteroatoms. The van der Waals surface area contributed by atoms with Crippen LogP contribution >= 0.6 is 0 Å². The molecule has 0 saturated carbocycles. The quantitative estimate of drug-likeness (QED) is 0.579. The van der Waals surface area contributed by atoms with Gasteiger partial charge in [0.2, 0.25) is 0 Å². The molecule has 64 valence electrons. The Kier molecular flexibility index (Phi) is 2.24. The van der Waals surface area contributed by atoms with Gasteiger partial charge in [-0.15, -0.1) is 0 Å². The SMILES string of the molecule is C/C(N)=C(/N)c1ccccc1O. The maximum atomic E-state index is 9.36. The van der Waals surface area contributed by atoms with Crippen LogP contribution in [0.4, 0.5) is 0 Å². The molecule has 0 aliphatic heterocycles. The number of phenolic OH excluding ortho intramolecular Hbond substituents is 1. The van der Waals surface area contributed by atoms with E-state index in [1.165, 1.54) is 0 Å². The topological polar surface area (TPSA) is 72.3 Å². The normalized spacial score (nSPS) is 12.4. The number of nitrogens with two attached hydrogens (primary N) is 2. The number of aromatic hydroxyl groups is 1. The van der Waals surface area contributed by atoms with Gasteiger partial charge in [-0.3, -0.25) is 0 Å². The zero-order chi connectivity index (χ0) is 9.14. The molecule has 0 spiro atoms. The van der Waals surface area contributed by atoms with Gasteiger partial charge >= 0.3 is 0 Å². The fourth-order valence-electron chi connectivity index (χ4n) is 0.914. The fourth-order valence-corrected chi connectivity index (χ4v) is 0.914. The summed E-state index contributed by atoms with van der Waals surface area (Å²) in [7, 11) is 0. The van der Waals surface area contributed by atoms with Crippen molar-refractivity contribution in [3.8, 4) is 5.75 Å². The highest BCUT2D eigenvalue weighted by Gasteiger charge is 2.03. The average molecular weight is 164 g/mol. The number of hydrogen-bond acceptors (Lipinski definition) is 3. The summed E-state index contributed by atoms with van der Waals surface area (Å²) in [6, 6.07) is 6.83. The molecule has 5 N–H and O–H groups in total. The Balaban J connectivity index is 3.21. The number of hydrogen-bond donors (Lipinski definition) is 3. The average Bonchev–Trinajstić information content (AvgIpc) is 2.04. The third kappa shape index (κ3) is 1.50. The van der Waals surface area contributed by atoms with Gasteiger partial charge in [-0.25, -0.2) is 0 Å². The van der Waals surface area contributed by atoms with Crippen molar-refractivity contribution >= 4 is 5.70 Å². The van der Waals surface area contributed by atoms with Gasteiger partial charge in [0.05, 0.1) is 5.70 Å². The second-order valence-corrected chi connectivity index (χ2v) is 2.61. The highest BCUT2D eigenvalue weighted by molar-refractivity contribution is 5.69. The molecule has 0 saturated heterocycles. The van der Waals surface area contributed by atoms with Gasteiger partial charge in [-0.05, 0) is 19.1 Å². The van der Waals surface area contributed by atoms with Gasteiger partial charge in [0.1, 0.15) is 5.75 Å². The lowest BCUT2D eigenvalue weighted by Crippen LogP contribution is -2.05. The van der Waals surface area contributed by atoms with E-state index in [2.05, 4.69) is 0 Å². The van der Waals surface area contributed by atoms with E-state index in [0.717, 1.165) is 0 Å². The minimum absolute atomic E-state index is 0.153. The molecular formula is C9H12N2O. The van der Waals surface area contributed by atoms with Crippen molar-refractivity contribution in [2.24, 2.45) is 11.5 Å². The van der Waals surface area contributed by atoms with Crippen LogP contribution in [-0.4, -0.2) is 5.11 Å². The van der Waals surface area contributed by atoms with Crippen molar-refractivity contribution in [2.75, 3.05) is 0 Å². The van der Waals surface area contributed by atoms with Crippen LogP contribution in [0.1, 0.15) is 12.5 Å². The molecule has 0 aromatic heterocycles. The number of phenols is 1. The molecule has 0 amide bonds. The summed E-state index contributed by atoms with van der Waals surface area (Å²) in [4.78, 5) is 0. The summed E-state index contributed by atoms with van der Waals surface area (Å²) in [6.45, 7) is 1.70. The minimum atomic E-state index is 0.153. The second kappa shape index (κ2) is 3.17. The lowest BCUT2D eigenvalue weighted by atomic mass is 10.1. The summed E-state index contributed by atoms with van der Waals surface area (Å²) in [5, 5.41) is 9.36. The summed E-state index contributed by atoms with van der Waals surface area (Å²) < 4.78 is 0. The number of allylic oxidation sites excluding steroid dienone is 1. The molecule has 0 atom stereocenters. The van der Waals surface area contributed by atoms with Crippen LogP contribution in [0.5, 0.6) is 5.75 Å². The fraction of sp³-hybridized carbons (Fsp3) is 0.111. The monoisotopic (exact) mass is 164 g/mol. The Hall–Kier alpha value is -1.64. The van der Waals surface area contributed by atoms with Gasteiger partial charge in [0, 0.05) is 11.3 Å². The lowest BCUT2D eigenvalue weighted by molar-refractivity contribution is 0.473. The van der Waals surface area contributed by atoms with Crippen LogP contribution in [0, 0.1) is 0 Å². The van der Waals surface area contributed by atoms with Crippen LogP contribution in [0.2, 0.25) is 0 Å². The van der Waals surface area contributed by atoms with E-state index in [-0.39, 0.29) is 5.75 Å². The van der Waals surface area contributed by atoms with Crippen molar-refractivity contribution in [3.63, 3.8) is 0 Å². The van der Waals surface area contributed by atoms with Crippen molar-refractivity contribution < 1.29 is 5.11 Å². The first-order valence-corrected chi connectivity index (χ1v) is 3.63. The van der Waals surface area contributed by atoms with Crippen molar-refractivity contribution in [3.05, 3.63) is 35.5 Å². The summed E-state index contributed by atoms with van der Waals surface area (Å²) in [5.41, 5.74) is 12.6. The van der Waals surface area contributed by atoms with Crippen molar-refractivity contribution in [1.82, 2.24) is 0 Å². The summed E-state index contributed by atoms with van der Waals surface area (Å²) >= 11 is 0. The molecule has 1 rings (SSSR count). The minimum Gasteiger partial charge on any atom is -0.507 e. The van der Waals surface area contributed by atoms with E-state index in [1.54, 1.807) is 31.2 Å². The number of benzene rings is 1. The molecule has 0 bridgehead atoms. The van der Waals surface area contributed by atoms with Crippen LogP contribution in [0.25, 0.3) is 5.70 Å². The predicted molar refractivity (Wildman–Crippen MR) is 49.1 cm³/mol. The van der Waals surface area contributed by atoms with Gasteiger partial charge in [-0.1, -0.05) is 12.1 Å². The molecule has 3 nitrogen and oxygen atoms in total. The maximum Gasteiger partial charge on any atom is 0.124 e. The van der Waals surface area contributed by atoms with Crippen LogP contribution < -0.4 is 11.5 Å². The van der Waals surface area contributed by atoms with E-state index in [4.69, 9.17) is 11.5 Å². The van der Waals surface area contributed by atoms with Crippen LogP contribution in [0.3, 0.4) is 0 Å². The van der Waals surface area contributed by atoms with Crippen molar-refractivity contribution in [2.45, 2.75) is 6.92 Å². The summed E-state index contributed by atoms with van der Waals surface area (Å²) in [6.07, 6.45) is 0. The van der Waals surface area contributed by atoms with Gasteiger partial charge in [-0.2, -0.15) is 0 Å². The van der Waals surface area contributed by atoms with Crippen LogP contribution in [0.15, 0.2) is 30.0 Å². The Morgan fingerprint density at radius 1 is 1.25 bits per heavy atom. The third-order valence-electron chi connectivity index (χ3n) is 1.62. The van der Waals surface area contributed by atoms with Gasteiger partial charge in [0.25, 0.3) is 0 Å². The number of rotatable bonds is 1. The van der Waals surface area contributed by atoms with Gasteiger partial charge < -0.3 is 16.6 Å². The van der Waals surface area contributed by atoms with E-state index in [9.17, 15) is 5.11 Å². The molecule has 0 unspecified atom stereocenters. The summed E-state index contributed by atoms with van der Waals surface area (Å²) in [5.74, 6) is 0.153. The molecule has 0 fully saturated rings. The van der Waals surface area contributed by atoms with Crippen molar-refractivity contribution in [1.29, 1.82) is 0 Å². The standard InChI is InChI=1S/C9H12N2O/c1-6(10)9(11)7-4-2-3-5-8(7)12/h2-5,12H,10-11H2,1H3/b9-6-. The predicted octanol–water partition coefficient (Wildman–Crippen LogP) is 0.998.